The summed E-state index contributed by atoms with van der Waals surface area (Å²) < 4.78 is 0. The molecule has 1 amide bonds. The lowest BCUT2D eigenvalue weighted by Crippen LogP contribution is -2.15. The molecule has 17 heavy (non-hydrogen) atoms. The van der Waals surface area contributed by atoms with Crippen molar-refractivity contribution in [2.75, 3.05) is 5.32 Å². The molecule has 0 saturated heterocycles. The normalized spacial score (nSPS) is 22.0. The van der Waals surface area contributed by atoms with Crippen molar-refractivity contribution < 1.29 is 9.72 Å². The first-order chi connectivity index (χ1) is 7.99. The number of carbonyl (C=O) groups excluding carboxylic acids is 1. The van der Waals surface area contributed by atoms with Crippen molar-refractivity contribution >= 4 is 17.3 Å². The summed E-state index contributed by atoms with van der Waals surface area (Å²) in [4.78, 5) is 21.9. The molecule has 1 saturated carbocycles. The van der Waals surface area contributed by atoms with Crippen LogP contribution in [0.1, 0.15) is 18.9 Å². The molecule has 1 aromatic rings. The van der Waals surface area contributed by atoms with Gasteiger partial charge >= 0.3 is 0 Å². The summed E-state index contributed by atoms with van der Waals surface area (Å²) in [6.45, 7) is 3.83. The van der Waals surface area contributed by atoms with E-state index in [4.69, 9.17) is 0 Å². The number of aryl methyl sites for hydroxylation is 1. The molecular formula is C12H14N2O3. The maximum Gasteiger partial charge on any atom is 0.271 e. The van der Waals surface area contributed by atoms with Crippen LogP contribution in [0.5, 0.6) is 0 Å². The second kappa shape index (κ2) is 4.16. The van der Waals surface area contributed by atoms with Gasteiger partial charge in [-0.05, 0) is 24.8 Å². The number of hydrogen-bond donors (Lipinski definition) is 1. The second-order valence-electron chi connectivity index (χ2n) is 4.57. The molecule has 1 fully saturated rings. The van der Waals surface area contributed by atoms with E-state index >= 15 is 0 Å². The topological polar surface area (TPSA) is 72.2 Å². The Morgan fingerprint density at radius 3 is 2.71 bits per heavy atom. The van der Waals surface area contributed by atoms with Crippen LogP contribution in [-0.4, -0.2) is 10.8 Å². The molecule has 1 N–H and O–H groups in total. The lowest BCUT2D eigenvalue weighted by molar-refractivity contribution is -0.384. The van der Waals surface area contributed by atoms with E-state index in [1.807, 2.05) is 13.8 Å². The zero-order valence-corrected chi connectivity index (χ0v) is 9.77. The van der Waals surface area contributed by atoms with E-state index in [0.29, 0.717) is 11.6 Å². The van der Waals surface area contributed by atoms with Crippen LogP contribution in [-0.2, 0) is 4.79 Å². The number of amides is 1. The Balaban J connectivity index is 2.16. The van der Waals surface area contributed by atoms with Gasteiger partial charge in [-0.15, -0.1) is 0 Å². The lowest BCUT2D eigenvalue weighted by atomic mass is 10.1. The number of rotatable bonds is 3. The van der Waals surface area contributed by atoms with E-state index in [0.717, 1.165) is 12.0 Å². The molecule has 1 aliphatic carbocycles. The van der Waals surface area contributed by atoms with Gasteiger partial charge in [0.05, 0.1) is 10.6 Å². The standard InChI is InChI=1S/C12H14N2O3/c1-7-3-4-9(14(16)17)6-11(7)13-12(15)10-5-8(10)2/h3-4,6,8,10H,5H2,1-2H3,(H,13,15). The van der Waals surface area contributed by atoms with Crippen molar-refractivity contribution in [1.29, 1.82) is 0 Å². The lowest BCUT2D eigenvalue weighted by Gasteiger charge is -2.07. The van der Waals surface area contributed by atoms with Gasteiger partial charge < -0.3 is 5.32 Å². The van der Waals surface area contributed by atoms with Crippen molar-refractivity contribution in [2.45, 2.75) is 20.3 Å². The van der Waals surface area contributed by atoms with Gasteiger partial charge in [0.15, 0.2) is 0 Å². The minimum absolute atomic E-state index is 0.00487. The summed E-state index contributed by atoms with van der Waals surface area (Å²) in [5.41, 5.74) is 1.36. The molecule has 0 radical (unpaired) electrons. The third kappa shape index (κ3) is 2.43. The predicted octanol–water partition coefficient (Wildman–Crippen LogP) is 2.50. The highest BCUT2D eigenvalue weighted by Gasteiger charge is 2.39. The van der Waals surface area contributed by atoms with Crippen molar-refractivity contribution in [1.82, 2.24) is 0 Å². The molecule has 1 aliphatic rings. The maximum atomic E-state index is 11.7. The van der Waals surface area contributed by atoms with Gasteiger partial charge in [0.2, 0.25) is 5.91 Å². The Morgan fingerprint density at radius 2 is 2.18 bits per heavy atom. The molecule has 2 unspecified atom stereocenters. The number of carbonyl (C=O) groups is 1. The largest absolute Gasteiger partial charge is 0.325 e. The number of nitrogens with zero attached hydrogens (tertiary/aromatic N) is 1. The van der Waals surface area contributed by atoms with Gasteiger partial charge in [-0.3, -0.25) is 14.9 Å². The van der Waals surface area contributed by atoms with Crippen molar-refractivity contribution in [2.24, 2.45) is 11.8 Å². The van der Waals surface area contributed by atoms with Gasteiger partial charge in [-0.25, -0.2) is 0 Å². The van der Waals surface area contributed by atoms with Crippen molar-refractivity contribution in [3.8, 4) is 0 Å². The second-order valence-corrected chi connectivity index (χ2v) is 4.57. The molecule has 0 aliphatic heterocycles. The molecule has 0 bridgehead atoms. The number of benzene rings is 1. The molecule has 90 valence electrons. The van der Waals surface area contributed by atoms with Crippen LogP contribution >= 0.6 is 0 Å². The fraction of sp³-hybridized carbons (Fsp3) is 0.417. The Morgan fingerprint density at radius 1 is 1.53 bits per heavy atom. The van der Waals surface area contributed by atoms with Crippen molar-refractivity contribution in [3.05, 3.63) is 33.9 Å². The number of nitrogens with one attached hydrogen (secondary N) is 1. The van der Waals surface area contributed by atoms with E-state index in [9.17, 15) is 14.9 Å². The minimum Gasteiger partial charge on any atom is -0.325 e. The minimum atomic E-state index is -0.463. The summed E-state index contributed by atoms with van der Waals surface area (Å²) in [5.74, 6) is 0.448. The first-order valence-electron chi connectivity index (χ1n) is 5.55. The third-order valence-electron chi connectivity index (χ3n) is 3.14. The van der Waals surface area contributed by atoms with Gasteiger partial charge in [0.25, 0.3) is 5.69 Å². The van der Waals surface area contributed by atoms with Crippen LogP contribution in [0.3, 0.4) is 0 Å². The summed E-state index contributed by atoms with van der Waals surface area (Å²) in [6.07, 6.45) is 0.903. The Kier molecular flexibility index (Phi) is 2.83. The zero-order chi connectivity index (χ0) is 12.6. The molecule has 0 heterocycles. The SMILES string of the molecule is Cc1ccc([N+](=O)[O-])cc1NC(=O)C1CC1C. The monoisotopic (exact) mass is 234 g/mol. The highest BCUT2D eigenvalue weighted by Crippen LogP contribution is 2.38. The average molecular weight is 234 g/mol. The maximum absolute atomic E-state index is 11.7. The van der Waals surface area contributed by atoms with E-state index in [1.165, 1.54) is 12.1 Å². The molecule has 5 heteroatoms. The number of nitro benzene ring substituents is 1. The fourth-order valence-electron chi connectivity index (χ4n) is 1.77. The first kappa shape index (κ1) is 11.6. The molecule has 0 aromatic heterocycles. The van der Waals surface area contributed by atoms with Gasteiger partial charge in [0, 0.05) is 18.1 Å². The fourth-order valence-corrected chi connectivity index (χ4v) is 1.77. The molecule has 1 aromatic carbocycles. The summed E-state index contributed by atoms with van der Waals surface area (Å²) >= 11 is 0. The van der Waals surface area contributed by atoms with Gasteiger partial charge in [0.1, 0.15) is 0 Å². The van der Waals surface area contributed by atoms with Crippen LogP contribution in [0.2, 0.25) is 0 Å². The predicted molar refractivity (Wildman–Crippen MR) is 63.7 cm³/mol. The first-order valence-corrected chi connectivity index (χ1v) is 5.55. The highest BCUT2D eigenvalue weighted by molar-refractivity contribution is 5.95. The van der Waals surface area contributed by atoms with E-state index in [-0.39, 0.29) is 17.5 Å². The highest BCUT2D eigenvalue weighted by atomic mass is 16.6. The number of hydrogen-bond acceptors (Lipinski definition) is 3. The number of anilines is 1. The Bertz CT molecular complexity index is 485. The third-order valence-corrected chi connectivity index (χ3v) is 3.14. The number of nitro groups is 1. The molecule has 2 atom stereocenters. The van der Waals surface area contributed by atoms with Gasteiger partial charge in [-0.1, -0.05) is 13.0 Å². The summed E-state index contributed by atoms with van der Waals surface area (Å²) in [7, 11) is 0. The van der Waals surface area contributed by atoms with Crippen LogP contribution in [0.4, 0.5) is 11.4 Å². The Labute approximate surface area is 99.0 Å². The van der Waals surface area contributed by atoms with Gasteiger partial charge in [-0.2, -0.15) is 0 Å². The molecular weight excluding hydrogens is 220 g/mol. The van der Waals surface area contributed by atoms with E-state index in [2.05, 4.69) is 5.32 Å². The smallest absolute Gasteiger partial charge is 0.271 e. The van der Waals surface area contributed by atoms with E-state index in [1.54, 1.807) is 6.07 Å². The number of non-ortho nitro benzene ring substituents is 1. The van der Waals surface area contributed by atoms with Crippen molar-refractivity contribution in [3.63, 3.8) is 0 Å². The quantitative estimate of drug-likeness (QED) is 0.645. The molecule has 5 nitrogen and oxygen atoms in total. The van der Waals surface area contributed by atoms with Crippen LogP contribution < -0.4 is 5.32 Å². The zero-order valence-electron chi connectivity index (χ0n) is 9.77. The Hall–Kier alpha value is -1.91. The van der Waals surface area contributed by atoms with Crippen LogP contribution in [0.15, 0.2) is 18.2 Å². The summed E-state index contributed by atoms with van der Waals surface area (Å²) in [6, 6.07) is 4.48. The van der Waals surface area contributed by atoms with Crippen LogP contribution in [0, 0.1) is 28.9 Å². The summed E-state index contributed by atoms with van der Waals surface area (Å²) in [5, 5.41) is 13.4. The molecule has 0 spiro atoms. The van der Waals surface area contributed by atoms with Crippen LogP contribution in [0.25, 0.3) is 0 Å². The average Bonchev–Trinajstić information content (AvgIpc) is 2.98. The van der Waals surface area contributed by atoms with E-state index < -0.39 is 4.92 Å². The molecule has 2 rings (SSSR count).